The zero-order chi connectivity index (χ0) is 29.2. The molecule has 42 heavy (non-hydrogen) atoms. The fourth-order valence-electron chi connectivity index (χ4n) is 7.40. The number of hydrogen-bond donors (Lipinski definition) is 1. The zero-order valence-electron chi connectivity index (χ0n) is 24.9. The molecule has 10 heteroatoms. The van der Waals surface area contributed by atoms with Gasteiger partial charge in [-0.2, -0.15) is 0 Å². The number of carbonyl (C=O) groups excluding carboxylic acids is 2. The van der Waals surface area contributed by atoms with E-state index in [1.807, 2.05) is 18.3 Å². The van der Waals surface area contributed by atoms with E-state index in [4.69, 9.17) is 18.9 Å². The highest BCUT2D eigenvalue weighted by molar-refractivity contribution is 5.77. The number of nitrogens with one attached hydrogen (secondary N) is 1. The Hall–Kier alpha value is -2.82. The largest absolute Gasteiger partial charge is 0.484 e. The van der Waals surface area contributed by atoms with Gasteiger partial charge in [-0.1, -0.05) is 17.3 Å². The number of benzene rings is 1. The molecule has 0 aliphatic heterocycles. The molecule has 1 aromatic heterocycles. The van der Waals surface area contributed by atoms with Crippen LogP contribution in [0, 0.1) is 17.8 Å². The summed E-state index contributed by atoms with van der Waals surface area (Å²) in [6, 6.07) is 8.52. The number of ketones is 1. The molecule has 4 fully saturated rings. The SMILES string of the molecule is CC(=O)CCc1cn(CCOCCOCCOCCNC(=O)COc2ccc(C34CC5CC(CC(C5)C3)C4)cc2)nn1. The maximum atomic E-state index is 12.2. The molecule has 4 saturated carbocycles. The first kappa shape index (κ1) is 30.6. The number of ether oxygens (including phenoxy) is 4. The summed E-state index contributed by atoms with van der Waals surface area (Å²) < 4.78 is 24.0. The van der Waals surface area contributed by atoms with Gasteiger partial charge in [-0.3, -0.25) is 4.79 Å². The highest BCUT2D eigenvalue weighted by atomic mass is 16.5. The summed E-state index contributed by atoms with van der Waals surface area (Å²) in [5.74, 6) is 3.51. The lowest BCUT2D eigenvalue weighted by Crippen LogP contribution is -2.48. The van der Waals surface area contributed by atoms with Crippen LogP contribution in [0.4, 0.5) is 0 Å². The van der Waals surface area contributed by atoms with Gasteiger partial charge < -0.3 is 29.1 Å². The Kier molecular flexibility index (Phi) is 11.0. The molecule has 4 aliphatic carbocycles. The quantitative estimate of drug-likeness (QED) is 0.251. The minimum atomic E-state index is -0.157. The third-order valence-electron chi connectivity index (χ3n) is 8.97. The maximum absolute atomic E-state index is 12.2. The van der Waals surface area contributed by atoms with Crippen molar-refractivity contribution in [1.29, 1.82) is 0 Å². The van der Waals surface area contributed by atoms with Gasteiger partial charge in [0.05, 0.1) is 51.9 Å². The van der Waals surface area contributed by atoms with E-state index in [9.17, 15) is 9.59 Å². The van der Waals surface area contributed by atoms with Gasteiger partial charge in [-0.25, -0.2) is 4.68 Å². The van der Waals surface area contributed by atoms with Crippen molar-refractivity contribution < 1.29 is 28.5 Å². The van der Waals surface area contributed by atoms with E-state index in [1.165, 1.54) is 44.1 Å². The fourth-order valence-corrected chi connectivity index (χ4v) is 7.40. The van der Waals surface area contributed by atoms with Crippen LogP contribution in [0.2, 0.25) is 0 Å². The summed E-state index contributed by atoms with van der Waals surface area (Å²) in [5.41, 5.74) is 2.66. The van der Waals surface area contributed by atoms with E-state index in [0.717, 1.165) is 29.2 Å². The van der Waals surface area contributed by atoms with Crippen molar-refractivity contribution >= 4 is 11.7 Å². The molecule has 0 atom stereocenters. The highest BCUT2D eigenvalue weighted by Crippen LogP contribution is 2.60. The molecule has 0 unspecified atom stereocenters. The van der Waals surface area contributed by atoms with E-state index < -0.39 is 0 Å². The van der Waals surface area contributed by atoms with Crippen LogP contribution in [-0.2, 0) is 42.2 Å². The van der Waals surface area contributed by atoms with E-state index in [1.54, 1.807) is 11.6 Å². The molecule has 1 aromatic carbocycles. The van der Waals surface area contributed by atoms with Gasteiger partial charge in [0.15, 0.2) is 6.61 Å². The van der Waals surface area contributed by atoms with Crippen molar-refractivity contribution in [1.82, 2.24) is 20.3 Å². The number of aryl methyl sites for hydroxylation is 1. The average Bonchev–Trinajstić information content (AvgIpc) is 3.43. The Morgan fingerprint density at radius 2 is 1.52 bits per heavy atom. The Bertz CT molecular complexity index is 1110. The van der Waals surface area contributed by atoms with Gasteiger partial charge >= 0.3 is 0 Å². The van der Waals surface area contributed by atoms with E-state index in [-0.39, 0.29) is 18.3 Å². The van der Waals surface area contributed by atoms with Crippen LogP contribution in [0.3, 0.4) is 0 Å². The predicted molar refractivity (Wildman–Crippen MR) is 156 cm³/mol. The van der Waals surface area contributed by atoms with Gasteiger partial charge in [0.2, 0.25) is 0 Å². The molecule has 6 rings (SSSR count). The lowest BCUT2D eigenvalue weighted by molar-refractivity contribution is -0.123. The molecule has 1 heterocycles. The smallest absolute Gasteiger partial charge is 0.258 e. The van der Waals surface area contributed by atoms with Gasteiger partial charge in [0.1, 0.15) is 11.5 Å². The van der Waals surface area contributed by atoms with Crippen LogP contribution in [0.25, 0.3) is 0 Å². The standard InChI is InChI=1S/C32H46N4O6/c1-24(37)2-5-29-22-36(35-34-29)9-11-40-13-15-41-14-12-39-10-8-33-31(38)23-42-30-6-3-28(4-7-30)32-19-25-16-26(20-32)18-27(17-25)21-32/h3-4,6-7,22,25-27H,2,5,8-21,23H2,1H3,(H,33,38). The summed E-state index contributed by atoms with van der Waals surface area (Å²) in [7, 11) is 0. The van der Waals surface area contributed by atoms with Crippen LogP contribution in [0.1, 0.15) is 63.1 Å². The molecule has 4 bridgehead atoms. The molecule has 4 aliphatic rings. The Morgan fingerprint density at radius 3 is 2.17 bits per heavy atom. The second-order valence-electron chi connectivity index (χ2n) is 12.4. The normalized spacial score (nSPS) is 24.2. The summed E-state index contributed by atoms with van der Waals surface area (Å²) in [6.45, 7) is 5.38. The first-order valence-corrected chi connectivity index (χ1v) is 15.6. The highest BCUT2D eigenvalue weighted by Gasteiger charge is 2.51. The van der Waals surface area contributed by atoms with Crippen molar-refractivity contribution in [3.05, 3.63) is 41.7 Å². The van der Waals surface area contributed by atoms with Gasteiger partial charge in [0, 0.05) is 19.2 Å². The van der Waals surface area contributed by atoms with Crippen LogP contribution < -0.4 is 10.1 Å². The molecule has 0 saturated heterocycles. The number of hydrogen-bond acceptors (Lipinski definition) is 8. The molecular weight excluding hydrogens is 536 g/mol. The summed E-state index contributed by atoms with van der Waals surface area (Å²) in [6.07, 6.45) is 11.3. The molecule has 1 N–H and O–H groups in total. The van der Waals surface area contributed by atoms with Crippen molar-refractivity contribution in [2.75, 3.05) is 52.8 Å². The number of nitrogens with zero attached hydrogens (tertiary/aromatic N) is 3. The van der Waals surface area contributed by atoms with E-state index >= 15 is 0 Å². The Balaban J connectivity index is 0.838. The lowest BCUT2D eigenvalue weighted by atomic mass is 9.48. The monoisotopic (exact) mass is 582 g/mol. The van der Waals surface area contributed by atoms with Crippen molar-refractivity contribution in [2.45, 2.75) is 70.3 Å². The third kappa shape index (κ3) is 8.84. The fraction of sp³-hybridized carbons (Fsp3) is 0.688. The van der Waals surface area contributed by atoms with Crippen LogP contribution >= 0.6 is 0 Å². The second kappa shape index (κ2) is 15.1. The number of aromatic nitrogens is 3. The molecule has 0 spiro atoms. The second-order valence-corrected chi connectivity index (χ2v) is 12.4. The van der Waals surface area contributed by atoms with E-state index in [0.29, 0.717) is 71.0 Å². The molecule has 230 valence electrons. The average molecular weight is 583 g/mol. The van der Waals surface area contributed by atoms with Crippen molar-refractivity contribution in [3.63, 3.8) is 0 Å². The number of rotatable bonds is 19. The number of Topliss-reactive ketones (excluding diaryl/α,β-unsaturated/α-hetero) is 1. The topological polar surface area (TPSA) is 114 Å². The first-order chi connectivity index (χ1) is 20.5. The van der Waals surface area contributed by atoms with Crippen molar-refractivity contribution in [3.8, 4) is 5.75 Å². The molecular formula is C32H46N4O6. The molecule has 10 nitrogen and oxygen atoms in total. The predicted octanol–water partition coefficient (Wildman–Crippen LogP) is 3.51. The van der Waals surface area contributed by atoms with Gasteiger partial charge in [-0.15, -0.1) is 5.10 Å². The summed E-state index contributed by atoms with van der Waals surface area (Å²) in [5, 5.41) is 10.9. The lowest BCUT2D eigenvalue weighted by Gasteiger charge is -2.57. The Morgan fingerprint density at radius 1 is 0.905 bits per heavy atom. The van der Waals surface area contributed by atoms with Crippen LogP contribution in [0.15, 0.2) is 30.5 Å². The Labute approximate surface area is 248 Å². The van der Waals surface area contributed by atoms with Crippen LogP contribution in [-0.4, -0.2) is 79.5 Å². The zero-order valence-corrected chi connectivity index (χ0v) is 24.9. The van der Waals surface area contributed by atoms with Crippen molar-refractivity contribution in [2.24, 2.45) is 17.8 Å². The minimum absolute atomic E-state index is 0.00222. The van der Waals surface area contributed by atoms with E-state index in [2.05, 4.69) is 27.8 Å². The molecule has 0 radical (unpaired) electrons. The number of amides is 1. The number of carbonyl (C=O) groups is 2. The summed E-state index contributed by atoms with van der Waals surface area (Å²) >= 11 is 0. The van der Waals surface area contributed by atoms with Gasteiger partial charge in [-0.05, 0) is 92.7 Å². The summed E-state index contributed by atoms with van der Waals surface area (Å²) in [4.78, 5) is 23.2. The van der Waals surface area contributed by atoms with Crippen LogP contribution in [0.5, 0.6) is 5.75 Å². The maximum Gasteiger partial charge on any atom is 0.258 e. The minimum Gasteiger partial charge on any atom is -0.484 e. The first-order valence-electron chi connectivity index (χ1n) is 15.6. The molecule has 1 amide bonds. The van der Waals surface area contributed by atoms with Gasteiger partial charge in [0.25, 0.3) is 5.91 Å². The molecule has 2 aromatic rings. The third-order valence-corrected chi connectivity index (χ3v) is 8.97.